The van der Waals surface area contributed by atoms with Crippen molar-refractivity contribution in [3.05, 3.63) is 24.3 Å². The van der Waals surface area contributed by atoms with Crippen LogP contribution in [-0.2, 0) is 4.74 Å². The van der Waals surface area contributed by atoms with Gasteiger partial charge in [0.2, 0.25) is 0 Å². The van der Waals surface area contributed by atoms with Crippen molar-refractivity contribution < 1.29 is 9.47 Å². The summed E-state index contributed by atoms with van der Waals surface area (Å²) in [4.78, 5) is 0. The fourth-order valence-corrected chi connectivity index (χ4v) is 1.66. The molecule has 1 aromatic rings. The third-order valence-corrected chi connectivity index (χ3v) is 2.83. The Labute approximate surface area is 110 Å². The summed E-state index contributed by atoms with van der Waals surface area (Å²) in [5, 5.41) is 3.48. The highest BCUT2D eigenvalue weighted by Crippen LogP contribution is 2.18. The van der Waals surface area contributed by atoms with Crippen LogP contribution >= 0.6 is 0 Å². The molecule has 0 aliphatic rings. The quantitative estimate of drug-likeness (QED) is 0.766. The second-order valence-corrected chi connectivity index (χ2v) is 4.82. The van der Waals surface area contributed by atoms with Crippen molar-refractivity contribution >= 4 is 5.69 Å². The SMILES string of the molecule is CCCOc1ccc(NC(COC)C(C)C)cc1. The van der Waals surface area contributed by atoms with Gasteiger partial charge in [-0.05, 0) is 36.6 Å². The zero-order valence-electron chi connectivity index (χ0n) is 11.9. The van der Waals surface area contributed by atoms with Gasteiger partial charge in [0.25, 0.3) is 0 Å². The molecule has 1 atom stereocenters. The number of anilines is 1. The molecule has 0 fully saturated rings. The van der Waals surface area contributed by atoms with Gasteiger partial charge in [0, 0.05) is 12.8 Å². The van der Waals surface area contributed by atoms with Crippen molar-refractivity contribution in [1.29, 1.82) is 0 Å². The van der Waals surface area contributed by atoms with Crippen LogP contribution in [0.3, 0.4) is 0 Å². The molecule has 0 saturated carbocycles. The molecule has 1 unspecified atom stereocenters. The number of rotatable bonds is 8. The Kier molecular flexibility index (Phi) is 6.58. The van der Waals surface area contributed by atoms with Crippen molar-refractivity contribution in [2.45, 2.75) is 33.2 Å². The van der Waals surface area contributed by atoms with Gasteiger partial charge in [-0.25, -0.2) is 0 Å². The second-order valence-electron chi connectivity index (χ2n) is 4.82. The van der Waals surface area contributed by atoms with E-state index in [4.69, 9.17) is 9.47 Å². The summed E-state index contributed by atoms with van der Waals surface area (Å²) in [7, 11) is 1.73. The van der Waals surface area contributed by atoms with E-state index in [-0.39, 0.29) is 0 Å². The molecule has 0 aliphatic carbocycles. The lowest BCUT2D eigenvalue weighted by Gasteiger charge is -2.22. The second kappa shape index (κ2) is 7.98. The van der Waals surface area contributed by atoms with E-state index in [0.717, 1.165) is 24.5 Å². The highest BCUT2D eigenvalue weighted by Gasteiger charge is 2.12. The molecule has 0 aliphatic heterocycles. The smallest absolute Gasteiger partial charge is 0.119 e. The van der Waals surface area contributed by atoms with Crippen LogP contribution < -0.4 is 10.1 Å². The van der Waals surface area contributed by atoms with E-state index >= 15 is 0 Å². The molecule has 0 amide bonds. The van der Waals surface area contributed by atoms with E-state index in [1.165, 1.54) is 0 Å². The maximum absolute atomic E-state index is 5.56. The standard InChI is InChI=1S/C15H25NO2/c1-5-10-18-14-8-6-13(7-9-14)16-15(11-17-4)12(2)3/h6-9,12,15-16H,5,10-11H2,1-4H3. The Balaban J connectivity index is 2.55. The summed E-state index contributed by atoms with van der Waals surface area (Å²) in [6, 6.07) is 8.44. The first-order chi connectivity index (χ1) is 8.67. The van der Waals surface area contributed by atoms with Gasteiger partial charge in [-0.2, -0.15) is 0 Å². The first kappa shape index (κ1) is 14.8. The van der Waals surface area contributed by atoms with E-state index in [2.05, 4.69) is 38.2 Å². The van der Waals surface area contributed by atoms with Gasteiger partial charge in [-0.15, -0.1) is 0 Å². The van der Waals surface area contributed by atoms with E-state index in [1.807, 2.05) is 12.1 Å². The van der Waals surface area contributed by atoms with E-state index < -0.39 is 0 Å². The topological polar surface area (TPSA) is 30.5 Å². The summed E-state index contributed by atoms with van der Waals surface area (Å²) in [5.74, 6) is 1.45. The third-order valence-electron chi connectivity index (χ3n) is 2.83. The molecule has 0 bridgehead atoms. The molecule has 0 radical (unpaired) electrons. The Morgan fingerprint density at radius 2 is 1.83 bits per heavy atom. The summed E-state index contributed by atoms with van der Waals surface area (Å²) in [6.07, 6.45) is 1.03. The first-order valence-corrected chi connectivity index (χ1v) is 6.65. The average Bonchev–Trinajstić information content (AvgIpc) is 2.37. The van der Waals surface area contributed by atoms with Gasteiger partial charge in [-0.3, -0.25) is 0 Å². The van der Waals surface area contributed by atoms with Crippen molar-refractivity contribution in [2.75, 3.05) is 25.6 Å². The van der Waals surface area contributed by atoms with Crippen LogP contribution in [0.25, 0.3) is 0 Å². The maximum Gasteiger partial charge on any atom is 0.119 e. The normalized spacial score (nSPS) is 12.5. The number of hydrogen-bond acceptors (Lipinski definition) is 3. The molecule has 1 rings (SSSR count). The number of hydrogen-bond donors (Lipinski definition) is 1. The van der Waals surface area contributed by atoms with Crippen molar-refractivity contribution in [2.24, 2.45) is 5.92 Å². The largest absolute Gasteiger partial charge is 0.494 e. The minimum absolute atomic E-state index is 0.331. The highest BCUT2D eigenvalue weighted by molar-refractivity contribution is 5.47. The minimum atomic E-state index is 0.331. The highest BCUT2D eigenvalue weighted by atomic mass is 16.5. The molecule has 1 N–H and O–H groups in total. The van der Waals surface area contributed by atoms with Gasteiger partial charge < -0.3 is 14.8 Å². The molecule has 3 heteroatoms. The van der Waals surface area contributed by atoms with Crippen LogP contribution in [0.15, 0.2) is 24.3 Å². The monoisotopic (exact) mass is 251 g/mol. The fourth-order valence-electron chi connectivity index (χ4n) is 1.66. The zero-order chi connectivity index (χ0) is 13.4. The lowest BCUT2D eigenvalue weighted by molar-refractivity contribution is 0.171. The van der Waals surface area contributed by atoms with Gasteiger partial charge >= 0.3 is 0 Å². The molecule has 0 saturated heterocycles. The van der Waals surface area contributed by atoms with Crippen LogP contribution in [0.4, 0.5) is 5.69 Å². The molecule has 0 spiro atoms. The molecule has 18 heavy (non-hydrogen) atoms. The maximum atomic E-state index is 5.56. The van der Waals surface area contributed by atoms with Crippen LogP contribution in [-0.4, -0.2) is 26.4 Å². The lowest BCUT2D eigenvalue weighted by atomic mass is 10.1. The van der Waals surface area contributed by atoms with Gasteiger partial charge in [0.15, 0.2) is 0 Å². The molecule has 0 aromatic heterocycles. The van der Waals surface area contributed by atoms with Gasteiger partial charge in [0.1, 0.15) is 5.75 Å². The van der Waals surface area contributed by atoms with E-state index in [0.29, 0.717) is 18.6 Å². The molecule has 1 aromatic carbocycles. The average molecular weight is 251 g/mol. The summed E-state index contributed by atoms with van der Waals surface area (Å²) < 4.78 is 10.8. The summed E-state index contributed by atoms with van der Waals surface area (Å²) in [5.41, 5.74) is 1.11. The summed E-state index contributed by atoms with van der Waals surface area (Å²) >= 11 is 0. The van der Waals surface area contributed by atoms with Crippen molar-refractivity contribution in [1.82, 2.24) is 0 Å². The summed E-state index contributed by atoms with van der Waals surface area (Å²) in [6.45, 7) is 7.97. The van der Waals surface area contributed by atoms with Crippen LogP contribution in [0, 0.1) is 5.92 Å². The number of ether oxygens (including phenoxy) is 2. The predicted octanol–water partition coefficient (Wildman–Crippen LogP) is 3.56. The minimum Gasteiger partial charge on any atom is -0.494 e. The third kappa shape index (κ3) is 4.96. The van der Waals surface area contributed by atoms with Gasteiger partial charge in [0.05, 0.1) is 19.3 Å². The Hall–Kier alpha value is -1.22. The Morgan fingerprint density at radius 1 is 1.17 bits per heavy atom. The van der Waals surface area contributed by atoms with Crippen molar-refractivity contribution in [3.63, 3.8) is 0 Å². The van der Waals surface area contributed by atoms with Crippen molar-refractivity contribution in [3.8, 4) is 5.75 Å². The predicted molar refractivity (Wildman–Crippen MR) is 76.4 cm³/mol. The number of benzene rings is 1. The van der Waals surface area contributed by atoms with Crippen LogP contribution in [0.5, 0.6) is 5.75 Å². The van der Waals surface area contributed by atoms with Gasteiger partial charge in [-0.1, -0.05) is 20.8 Å². The Morgan fingerprint density at radius 3 is 2.33 bits per heavy atom. The van der Waals surface area contributed by atoms with E-state index in [9.17, 15) is 0 Å². The Bertz CT molecular complexity index is 322. The zero-order valence-corrected chi connectivity index (χ0v) is 11.9. The van der Waals surface area contributed by atoms with E-state index in [1.54, 1.807) is 7.11 Å². The number of methoxy groups -OCH3 is 1. The molecule has 102 valence electrons. The van der Waals surface area contributed by atoms with Crippen LogP contribution in [0.2, 0.25) is 0 Å². The molecule has 0 heterocycles. The van der Waals surface area contributed by atoms with Crippen LogP contribution in [0.1, 0.15) is 27.2 Å². The first-order valence-electron chi connectivity index (χ1n) is 6.65. The molecular weight excluding hydrogens is 226 g/mol. The fraction of sp³-hybridized carbons (Fsp3) is 0.600. The number of nitrogens with one attached hydrogen (secondary N) is 1. The molecular formula is C15H25NO2. The lowest BCUT2D eigenvalue weighted by Crippen LogP contribution is -2.30. The molecule has 3 nitrogen and oxygen atoms in total.